The van der Waals surface area contributed by atoms with Crippen molar-refractivity contribution in [1.29, 1.82) is 0 Å². The molecule has 0 aliphatic carbocycles. The van der Waals surface area contributed by atoms with Gasteiger partial charge in [-0.2, -0.15) is 0 Å². The van der Waals surface area contributed by atoms with Crippen molar-refractivity contribution in [3.05, 3.63) is 24.0 Å². The molecule has 1 amide bonds. The highest BCUT2D eigenvalue weighted by molar-refractivity contribution is 7.92. The minimum Gasteiger partial charge on any atom is -0.328 e. The third-order valence-electron chi connectivity index (χ3n) is 2.37. The molecule has 0 radical (unpaired) electrons. The minimum atomic E-state index is -3.59. The van der Waals surface area contributed by atoms with E-state index < -0.39 is 15.8 Å². The molecule has 120 valence electrons. The highest BCUT2D eigenvalue weighted by Gasteiger charge is 2.10. The molecule has 0 bridgehead atoms. The van der Waals surface area contributed by atoms with Crippen LogP contribution in [0.3, 0.4) is 0 Å². The van der Waals surface area contributed by atoms with E-state index in [2.05, 4.69) is 5.32 Å². The number of nitrogens with one attached hydrogen (secondary N) is 2. The molecule has 0 heterocycles. The van der Waals surface area contributed by atoms with E-state index in [1.54, 1.807) is 6.92 Å². The summed E-state index contributed by atoms with van der Waals surface area (Å²) in [6.07, 6.45) is 1.69. The molecule has 1 aromatic carbocycles. The molecule has 1 atom stereocenters. The van der Waals surface area contributed by atoms with E-state index in [9.17, 15) is 17.6 Å². The molecule has 6 nitrogen and oxygen atoms in total. The van der Waals surface area contributed by atoms with Gasteiger partial charge < -0.3 is 11.1 Å². The summed E-state index contributed by atoms with van der Waals surface area (Å²) in [4.78, 5) is 11.6. The fourth-order valence-electron chi connectivity index (χ4n) is 1.46. The maximum atomic E-state index is 13.4. The van der Waals surface area contributed by atoms with E-state index in [4.69, 9.17) is 5.73 Å². The van der Waals surface area contributed by atoms with Crippen LogP contribution in [0.4, 0.5) is 15.8 Å². The van der Waals surface area contributed by atoms with Crippen molar-refractivity contribution in [2.45, 2.75) is 25.8 Å². The number of sulfonamides is 1. The Morgan fingerprint density at radius 1 is 1.43 bits per heavy atom. The predicted molar refractivity (Wildman–Crippen MR) is 83.6 cm³/mol. The molecule has 0 aromatic heterocycles. The number of benzene rings is 1. The molecule has 1 rings (SSSR count). The molecule has 0 aliphatic rings. The molecule has 0 spiro atoms. The Hall–Kier alpha value is -1.38. The zero-order valence-electron chi connectivity index (χ0n) is 11.7. The van der Waals surface area contributed by atoms with Gasteiger partial charge in [-0.1, -0.05) is 0 Å². The second-order valence-electron chi connectivity index (χ2n) is 4.63. The highest BCUT2D eigenvalue weighted by atomic mass is 35.5. The smallest absolute Gasteiger partial charge is 0.229 e. The quantitative estimate of drug-likeness (QED) is 0.734. The van der Waals surface area contributed by atoms with Crippen LogP contribution in [0.2, 0.25) is 0 Å². The van der Waals surface area contributed by atoms with Gasteiger partial charge in [0.2, 0.25) is 15.9 Å². The van der Waals surface area contributed by atoms with E-state index in [1.807, 2.05) is 4.72 Å². The SMILES string of the molecule is CC(N)CCC(=O)Nc1ccc(F)c(NS(C)(=O)=O)c1.Cl. The van der Waals surface area contributed by atoms with Gasteiger partial charge in [0.25, 0.3) is 0 Å². The molecular weight excluding hydrogens is 321 g/mol. The fourth-order valence-corrected chi connectivity index (χ4v) is 2.02. The topological polar surface area (TPSA) is 101 Å². The van der Waals surface area contributed by atoms with E-state index in [-0.39, 0.29) is 36.5 Å². The van der Waals surface area contributed by atoms with Gasteiger partial charge >= 0.3 is 0 Å². The van der Waals surface area contributed by atoms with Crippen LogP contribution < -0.4 is 15.8 Å². The third-order valence-corrected chi connectivity index (χ3v) is 2.96. The lowest BCUT2D eigenvalue weighted by Crippen LogP contribution is -2.19. The van der Waals surface area contributed by atoms with Crippen molar-refractivity contribution in [1.82, 2.24) is 0 Å². The summed E-state index contributed by atoms with van der Waals surface area (Å²) >= 11 is 0. The Morgan fingerprint density at radius 2 is 2.05 bits per heavy atom. The Labute approximate surface area is 129 Å². The van der Waals surface area contributed by atoms with E-state index >= 15 is 0 Å². The van der Waals surface area contributed by atoms with Gasteiger partial charge in [0.05, 0.1) is 11.9 Å². The maximum absolute atomic E-state index is 13.4. The van der Waals surface area contributed by atoms with Crippen LogP contribution in [-0.2, 0) is 14.8 Å². The molecule has 0 saturated carbocycles. The fraction of sp³-hybridized carbons (Fsp3) is 0.417. The van der Waals surface area contributed by atoms with Gasteiger partial charge in [0, 0.05) is 18.2 Å². The van der Waals surface area contributed by atoms with Crippen molar-refractivity contribution >= 4 is 39.7 Å². The van der Waals surface area contributed by atoms with Crippen LogP contribution in [0.5, 0.6) is 0 Å². The largest absolute Gasteiger partial charge is 0.328 e. The Bertz CT molecular complexity index is 593. The highest BCUT2D eigenvalue weighted by Crippen LogP contribution is 2.20. The summed E-state index contributed by atoms with van der Waals surface area (Å²) < 4.78 is 37.6. The van der Waals surface area contributed by atoms with Crippen molar-refractivity contribution in [3.63, 3.8) is 0 Å². The summed E-state index contributed by atoms with van der Waals surface area (Å²) in [5, 5.41) is 2.55. The molecule has 0 saturated heterocycles. The lowest BCUT2D eigenvalue weighted by Gasteiger charge is -2.10. The van der Waals surface area contributed by atoms with Crippen LogP contribution >= 0.6 is 12.4 Å². The van der Waals surface area contributed by atoms with Crippen molar-refractivity contribution < 1.29 is 17.6 Å². The van der Waals surface area contributed by atoms with Crippen molar-refractivity contribution in [2.24, 2.45) is 5.73 Å². The Kier molecular flexibility index (Phi) is 7.62. The first-order valence-electron chi connectivity index (χ1n) is 6.00. The molecule has 0 aliphatic heterocycles. The molecule has 4 N–H and O–H groups in total. The molecule has 9 heteroatoms. The van der Waals surface area contributed by atoms with Crippen LogP contribution in [0, 0.1) is 5.82 Å². The monoisotopic (exact) mass is 339 g/mol. The lowest BCUT2D eigenvalue weighted by molar-refractivity contribution is -0.116. The normalized spacial score (nSPS) is 12.2. The lowest BCUT2D eigenvalue weighted by atomic mass is 10.2. The summed E-state index contributed by atoms with van der Waals surface area (Å²) in [6, 6.07) is 3.57. The number of halogens is 2. The number of nitrogens with two attached hydrogens (primary N) is 1. The molecule has 21 heavy (non-hydrogen) atoms. The number of carbonyl (C=O) groups excluding carboxylic acids is 1. The summed E-state index contributed by atoms with van der Waals surface area (Å²) in [5.41, 5.74) is 5.64. The predicted octanol–water partition coefficient (Wildman–Crippen LogP) is 1.68. The number of hydrogen-bond donors (Lipinski definition) is 3. The zero-order chi connectivity index (χ0) is 15.3. The second-order valence-corrected chi connectivity index (χ2v) is 6.38. The van der Waals surface area contributed by atoms with Gasteiger partial charge in [-0.25, -0.2) is 12.8 Å². The average Bonchev–Trinajstić information content (AvgIpc) is 2.29. The van der Waals surface area contributed by atoms with E-state index in [1.165, 1.54) is 12.1 Å². The third kappa shape index (κ3) is 7.84. The Balaban J connectivity index is 0.00000400. The van der Waals surface area contributed by atoms with Crippen LogP contribution in [0.1, 0.15) is 19.8 Å². The Morgan fingerprint density at radius 3 is 2.57 bits per heavy atom. The maximum Gasteiger partial charge on any atom is 0.229 e. The molecular formula is C12H19ClFN3O3S. The van der Waals surface area contributed by atoms with Crippen molar-refractivity contribution in [3.8, 4) is 0 Å². The minimum absolute atomic E-state index is 0. The standard InChI is InChI=1S/C12H18FN3O3S.ClH/c1-8(14)3-6-12(17)15-9-4-5-10(13)11(7-9)16-20(2,18)19;/h4-5,7-8,16H,3,6,14H2,1-2H3,(H,15,17);1H. The van der Waals surface area contributed by atoms with E-state index in [0.717, 1.165) is 12.3 Å². The van der Waals surface area contributed by atoms with Gasteiger partial charge in [-0.3, -0.25) is 9.52 Å². The van der Waals surface area contributed by atoms with Gasteiger partial charge in [-0.05, 0) is 31.5 Å². The first-order chi connectivity index (χ1) is 9.17. The van der Waals surface area contributed by atoms with Crippen LogP contribution in [0.25, 0.3) is 0 Å². The number of amides is 1. The first kappa shape index (κ1) is 19.6. The molecule has 1 aromatic rings. The summed E-state index contributed by atoms with van der Waals surface area (Å²) in [6.45, 7) is 1.79. The van der Waals surface area contributed by atoms with Gasteiger partial charge in [0.1, 0.15) is 5.82 Å². The number of anilines is 2. The van der Waals surface area contributed by atoms with E-state index in [0.29, 0.717) is 12.1 Å². The van der Waals surface area contributed by atoms with Crippen LogP contribution in [-0.4, -0.2) is 26.6 Å². The average molecular weight is 340 g/mol. The van der Waals surface area contributed by atoms with Gasteiger partial charge in [-0.15, -0.1) is 12.4 Å². The summed E-state index contributed by atoms with van der Waals surface area (Å²) in [5.74, 6) is -0.983. The molecule has 1 unspecified atom stereocenters. The number of hydrogen-bond acceptors (Lipinski definition) is 4. The molecule has 0 fully saturated rings. The van der Waals surface area contributed by atoms with Gasteiger partial charge in [0.15, 0.2) is 0 Å². The number of rotatable bonds is 6. The summed E-state index contributed by atoms with van der Waals surface area (Å²) in [7, 11) is -3.59. The first-order valence-corrected chi connectivity index (χ1v) is 7.89. The van der Waals surface area contributed by atoms with Crippen LogP contribution in [0.15, 0.2) is 18.2 Å². The number of carbonyl (C=O) groups is 1. The zero-order valence-corrected chi connectivity index (χ0v) is 13.4. The van der Waals surface area contributed by atoms with Crippen molar-refractivity contribution in [2.75, 3.05) is 16.3 Å². The second kappa shape index (κ2) is 8.16.